The minimum absolute atomic E-state index is 0.0448. The molecule has 3 rings (SSSR count). The second-order valence-corrected chi connectivity index (χ2v) is 6.61. The Morgan fingerprint density at radius 3 is 2.07 bits per heavy atom. The molecule has 27 heavy (non-hydrogen) atoms. The molecular formula is C18H20ClN3O5. The molecular weight excluding hydrogens is 374 g/mol. The first-order chi connectivity index (χ1) is 13.0. The van der Waals surface area contributed by atoms with Crippen LogP contribution >= 0.6 is 11.6 Å². The first kappa shape index (κ1) is 19.2. The lowest BCUT2D eigenvalue weighted by atomic mass is 10.1. The number of carbonyl (C=O) groups excluding carboxylic acids is 4. The third kappa shape index (κ3) is 4.05. The van der Waals surface area contributed by atoms with Gasteiger partial charge in [0.05, 0.1) is 17.0 Å². The van der Waals surface area contributed by atoms with E-state index in [0.717, 1.165) is 4.90 Å². The molecule has 2 aliphatic rings. The van der Waals surface area contributed by atoms with Crippen molar-refractivity contribution in [1.82, 2.24) is 14.7 Å². The third-order valence-corrected chi connectivity index (χ3v) is 4.78. The second kappa shape index (κ2) is 8.39. The van der Waals surface area contributed by atoms with E-state index in [2.05, 4.69) is 0 Å². The van der Waals surface area contributed by atoms with Crippen molar-refractivity contribution in [1.29, 1.82) is 0 Å². The van der Waals surface area contributed by atoms with Crippen molar-refractivity contribution >= 4 is 35.4 Å². The Morgan fingerprint density at radius 1 is 0.963 bits per heavy atom. The zero-order valence-corrected chi connectivity index (χ0v) is 15.5. The molecule has 0 spiro atoms. The Hall–Kier alpha value is -2.61. The van der Waals surface area contributed by atoms with Crippen LogP contribution in [0.2, 0.25) is 0 Å². The monoisotopic (exact) mass is 393 g/mol. The highest BCUT2D eigenvalue weighted by Gasteiger charge is 2.35. The van der Waals surface area contributed by atoms with Gasteiger partial charge in [0.15, 0.2) is 0 Å². The van der Waals surface area contributed by atoms with Crippen LogP contribution in [0.15, 0.2) is 24.3 Å². The first-order valence-corrected chi connectivity index (χ1v) is 9.27. The van der Waals surface area contributed by atoms with Crippen LogP contribution in [-0.4, -0.2) is 83.7 Å². The summed E-state index contributed by atoms with van der Waals surface area (Å²) in [6.45, 7) is 1.72. The predicted octanol–water partition coefficient (Wildman–Crippen LogP) is 1.19. The van der Waals surface area contributed by atoms with Crippen LogP contribution in [0, 0.1) is 0 Å². The average molecular weight is 394 g/mol. The number of halogens is 1. The molecule has 1 fully saturated rings. The molecule has 0 radical (unpaired) electrons. The smallest absolute Gasteiger partial charge is 0.409 e. The summed E-state index contributed by atoms with van der Waals surface area (Å²) in [6.07, 6.45) is -0.379. The summed E-state index contributed by atoms with van der Waals surface area (Å²) in [5.41, 5.74) is 0.748. The van der Waals surface area contributed by atoms with E-state index >= 15 is 0 Å². The first-order valence-electron chi connectivity index (χ1n) is 8.73. The van der Waals surface area contributed by atoms with E-state index in [0.29, 0.717) is 37.3 Å². The van der Waals surface area contributed by atoms with Crippen molar-refractivity contribution in [3.8, 4) is 0 Å². The van der Waals surface area contributed by atoms with Crippen LogP contribution < -0.4 is 0 Å². The van der Waals surface area contributed by atoms with Crippen molar-refractivity contribution in [3.63, 3.8) is 0 Å². The normalized spacial score (nSPS) is 16.6. The molecule has 8 nitrogen and oxygen atoms in total. The van der Waals surface area contributed by atoms with E-state index in [1.165, 1.54) is 4.90 Å². The molecule has 0 unspecified atom stereocenters. The highest BCUT2D eigenvalue weighted by Crippen LogP contribution is 2.22. The standard InChI is InChI=1S/C18H20ClN3O5/c19-6-12-27-18(26)21-10-8-20(9-11-21)15(23)5-7-22-16(24)13-3-1-2-4-14(13)17(22)25/h1-4H,5-12H2. The van der Waals surface area contributed by atoms with Crippen LogP contribution in [0.4, 0.5) is 4.79 Å². The molecule has 0 N–H and O–H groups in total. The fourth-order valence-corrected chi connectivity index (χ4v) is 3.24. The molecule has 0 aromatic heterocycles. The van der Waals surface area contributed by atoms with E-state index in [1.54, 1.807) is 29.2 Å². The maximum absolute atomic E-state index is 12.4. The van der Waals surface area contributed by atoms with Gasteiger partial charge in [-0.1, -0.05) is 12.1 Å². The molecule has 144 valence electrons. The molecule has 0 aliphatic carbocycles. The summed E-state index contributed by atoms with van der Waals surface area (Å²) >= 11 is 5.49. The number of nitrogens with zero attached hydrogens (tertiary/aromatic N) is 3. The Kier molecular flexibility index (Phi) is 5.95. The number of hydrogen-bond acceptors (Lipinski definition) is 5. The SMILES string of the molecule is O=C(CCN1C(=O)c2ccccc2C1=O)N1CCN(C(=O)OCCCl)CC1. The van der Waals surface area contributed by atoms with Crippen LogP contribution in [-0.2, 0) is 9.53 Å². The number of ether oxygens (including phenoxy) is 1. The molecule has 4 amide bonds. The van der Waals surface area contributed by atoms with Gasteiger partial charge in [0, 0.05) is 39.1 Å². The lowest BCUT2D eigenvalue weighted by Crippen LogP contribution is -2.51. The molecule has 1 aromatic rings. The van der Waals surface area contributed by atoms with Gasteiger partial charge in [0.2, 0.25) is 5.91 Å². The average Bonchev–Trinajstić information content (AvgIpc) is 2.95. The number of fused-ring (bicyclic) bond motifs is 1. The molecule has 0 atom stereocenters. The van der Waals surface area contributed by atoms with Crippen molar-refractivity contribution in [2.75, 3.05) is 45.2 Å². The fourth-order valence-electron chi connectivity index (χ4n) is 3.16. The van der Waals surface area contributed by atoms with Gasteiger partial charge in [-0.15, -0.1) is 11.6 Å². The summed E-state index contributed by atoms with van der Waals surface area (Å²) in [4.78, 5) is 53.1. The maximum atomic E-state index is 12.4. The van der Waals surface area contributed by atoms with Crippen molar-refractivity contribution in [2.45, 2.75) is 6.42 Å². The van der Waals surface area contributed by atoms with Gasteiger partial charge in [-0.05, 0) is 12.1 Å². The number of rotatable bonds is 5. The predicted molar refractivity (Wildman–Crippen MR) is 96.6 cm³/mol. The van der Waals surface area contributed by atoms with Crippen LogP contribution in [0.3, 0.4) is 0 Å². The van der Waals surface area contributed by atoms with E-state index in [-0.39, 0.29) is 43.2 Å². The highest BCUT2D eigenvalue weighted by molar-refractivity contribution is 6.21. The third-order valence-electron chi connectivity index (χ3n) is 4.62. The Bertz CT molecular complexity index is 726. The molecule has 1 aromatic carbocycles. The summed E-state index contributed by atoms with van der Waals surface area (Å²) in [6, 6.07) is 6.63. The van der Waals surface area contributed by atoms with Gasteiger partial charge < -0.3 is 14.5 Å². The Balaban J connectivity index is 1.48. The van der Waals surface area contributed by atoms with Crippen LogP contribution in [0.1, 0.15) is 27.1 Å². The van der Waals surface area contributed by atoms with Gasteiger partial charge in [0.1, 0.15) is 6.61 Å². The van der Waals surface area contributed by atoms with Crippen molar-refractivity contribution in [3.05, 3.63) is 35.4 Å². The quantitative estimate of drug-likeness (QED) is 0.554. The van der Waals surface area contributed by atoms with E-state index < -0.39 is 6.09 Å². The maximum Gasteiger partial charge on any atom is 0.409 e. The highest BCUT2D eigenvalue weighted by atomic mass is 35.5. The Morgan fingerprint density at radius 2 is 1.52 bits per heavy atom. The zero-order chi connectivity index (χ0) is 19.4. The largest absolute Gasteiger partial charge is 0.448 e. The molecule has 9 heteroatoms. The summed E-state index contributed by atoms with van der Waals surface area (Å²) in [5.74, 6) is -0.645. The van der Waals surface area contributed by atoms with Crippen molar-refractivity contribution in [2.24, 2.45) is 0 Å². The number of amides is 4. The van der Waals surface area contributed by atoms with Crippen LogP contribution in [0.25, 0.3) is 0 Å². The molecule has 0 saturated carbocycles. The van der Waals surface area contributed by atoms with Gasteiger partial charge in [-0.2, -0.15) is 0 Å². The van der Waals surface area contributed by atoms with Gasteiger partial charge in [-0.3, -0.25) is 19.3 Å². The zero-order valence-electron chi connectivity index (χ0n) is 14.7. The lowest BCUT2D eigenvalue weighted by Gasteiger charge is -2.34. The fraction of sp³-hybridized carbons (Fsp3) is 0.444. The number of hydrogen-bond donors (Lipinski definition) is 0. The number of carbonyl (C=O) groups is 4. The van der Waals surface area contributed by atoms with Gasteiger partial charge in [-0.25, -0.2) is 4.79 Å². The number of piperazine rings is 1. The molecule has 2 heterocycles. The molecule has 1 saturated heterocycles. The van der Waals surface area contributed by atoms with E-state index in [9.17, 15) is 19.2 Å². The van der Waals surface area contributed by atoms with Crippen LogP contribution in [0.5, 0.6) is 0 Å². The summed E-state index contributed by atoms with van der Waals surface area (Å²) in [5, 5.41) is 0. The van der Waals surface area contributed by atoms with Crippen molar-refractivity contribution < 1.29 is 23.9 Å². The molecule has 0 bridgehead atoms. The minimum Gasteiger partial charge on any atom is -0.448 e. The minimum atomic E-state index is -0.436. The molecule has 2 aliphatic heterocycles. The summed E-state index contributed by atoms with van der Waals surface area (Å²) < 4.78 is 4.97. The number of benzene rings is 1. The topological polar surface area (TPSA) is 87.2 Å². The summed E-state index contributed by atoms with van der Waals surface area (Å²) in [7, 11) is 0. The lowest BCUT2D eigenvalue weighted by molar-refractivity contribution is -0.132. The van der Waals surface area contributed by atoms with Gasteiger partial charge in [0.25, 0.3) is 11.8 Å². The second-order valence-electron chi connectivity index (χ2n) is 6.23. The Labute approximate surface area is 161 Å². The number of imide groups is 1. The van der Waals surface area contributed by atoms with E-state index in [1.807, 2.05) is 0 Å². The number of alkyl halides is 1. The van der Waals surface area contributed by atoms with E-state index in [4.69, 9.17) is 16.3 Å². The van der Waals surface area contributed by atoms with Gasteiger partial charge >= 0.3 is 6.09 Å².